The Labute approximate surface area is 193 Å². The first kappa shape index (κ1) is 19.6. The fourth-order valence-electron chi connectivity index (χ4n) is 4.73. The summed E-state index contributed by atoms with van der Waals surface area (Å²) in [4.78, 5) is 0. The van der Waals surface area contributed by atoms with Crippen molar-refractivity contribution in [2.75, 3.05) is 0 Å². The van der Waals surface area contributed by atoms with Crippen LogP contribution in [0.2, 0.25) is 0 Å². The zero-order valence-corrected chi connectivity index (χ0v) is 17.9. The second-order valence-electron chi connectivity index (χ2n) is 8.18. The van der Waals surface area contributed by atoms with Crippen molar-refractivity contribution < 1.29 is 9.68 Å². The van der Waals surface area contributed by atoms with Crippen LogP contribution >= 0.6 is 0 Å². The molecule has 0 aliphatic carbocycles. The molecule has 0 amide bonds. The lowest BCUT2D eigenvalue weighted by Crippen LogP contribution is -1.99. The van der Waals surface area contributed by atoms with Gasteiger partial charge in [-0.25, -0.2) is 0 Å². The molecule has 0 atom stereocenters. The van der Waals surface area contributed by atoms with Crippen molar-refractivity contribution in [1.82, 2.24) is 0 Å². The van der Waals surface area contributed by atoms with E-state index in [9.17, 15) is 0 Å². The second kappa shape index (κ2) is 8.12. The Bertz CT molecular complexity index is 1570. The molecule has 0 spiro atoms. The molecule has 6 rings (SSSR count). The minimum atomic E-state index is 0.605. The molecule has 0 bridgehead atoms. The first-order chi connectivity index (χ1) is 16.3. The minimum absolute atomic E-state index is 0.605. The van der Waals surface area contributed by atoms with Gasteiger partial charge in [-0.1, -0.05) is 97.1 Å². The summed E-state index contributed by atoms with van der Waals surface area (Å²) < 4.78 is 5.00. The number of benzene rings is 6. The highest BCUT2D eigenvalue weighted by Gasteiger charge is 2.09. The van der Waals surface area contributed by atoms with Gasteiger partial charge in [-0.05, 0) is 72.8 Å². The molecule has 1 radical (unpaired) electrons. The van der Waals surface area contributed by atoms with Gasteiger partial charge in [-0.3, -0.25) is 0 Å². The van der Waals surface area contributed by atoms with Crippen LogP contribution < -0.4 is 4.65 Å². The van der Waals surface area contributed by atoms with E-state index in [0.29, 0.717) is 13.4 Å². The maximum atomic E-state index is 8.77. The standard InChI is InChI=1S/C30H20BO2/c32-31-33-24-16-13-21(14-17-24)20-9-11-22(12-10-20)23-15-18-29-27-7-2-1-5-25(27)26-6-3-4-8-28(26)30(29)19-23/h1-19,32H. The van der Waals surface area contributed by atoms with E-state index in [1.807, 2.05) is 24.3 Å². The van der Waals surface area contributed by atoms with E-state index in [0.717, 1.165) is 11.1 Å². The van der Waals surface area contributed by atoms with Gasteiger partial charge >= 0.3 is 7.69 Å². The molecule has 0 unspecified atom stereocenters. The average Bonchev–Trinajstić information content (AvgIpc) is 2.89. The van der Waals surface area contributed by atoms with Crippen molar-refractivity contribution in [3.05, 3.63) is 115 Å². The van der Waals surface area contributed by atoms with Gasteiger partial charge in [-0.2, -0.15) is 0 Å². The van der Waals surface area contributed by atoms with Gasteiger partial charge in [0.2, 0.25) is 0 Å². The first-order valence-corrected chi connectivity index (χ1v) is 11.0. The van der Waals surface area contributed by atoms with Crippen LogP contribution in [0.1, 0.15) is 0 Å². The van der Waals surface area contributed by atoms with Gasteiger partial charge in [0.1, 0.15) is 5.75 Å². The zero-order chi connectivity index (χ0) is 22.2. The highest BCUT2D eigenvalue weighted by Crippen LogP contribution is 2.37. The van der Waals surface area contributed by atoms with Crippen LogP contribution in [0, 0.1) is 0 Å². The Hall–Kier alpha value is -4.08. The van der Waals surface area contributed by atoms with E-state index in [1.165, 1.54) is 43.4 Å². The Kier molecular flexibility index (Phi) is 4.82. The Balaban J connectivity index is 1.44. The monoisotopic (exact) mass is 423 g/mol. The van der Waals surface area contributed by atoms with Gasteiger partial charge in [0, 0.05) is 0 Å². The lowest BCUT2D eigenvalue weighted by atomic mass is 9.92. The molecule has 0 saturated heterocycles. The molecule has 0 aliphatic heterocycles. The molecule has 155 valence electrons. The summed E-state index contributed by atoms with van der Waals surface area (Å²) in [6, 6.07) is 40.4. The summed E-state index contributed by atoms with van der Waals surface area (Å²) in [7, 11) is 0.694. The van der Waals surface area contributed by atoms with E-state index in [-0.39, 0.29) is 0 Å². The second-order valence-corrected chi connectivity index (χ2v) is 8.18. The quantitative estimate of drug-likeness (QED) is 0.237. The lowest BCUT2D eigenvalue weighted by molar-refractivity contribution is 0.454. The molecular weight excluding hydrogens is 403 g/mol. The van der Waals surface area contributed by atoms with Crippen molar-refractivity contribution >= 4 is 40.0 Å². The molecule has 6 aromatic carbocycles. The van der Waals surface area contributed by atoms with Crippen LogP contribution in [0.25, 0.3) is 54.6 Å². The fraction of sp³-hybridized carbons (Fsp3) is 0. The molecule has 0 aromatic heterocycles. The van der Waals surface area contributed by atoms with Crippen molar-refractivity contribution in [2.24, 2.45) is 0 Å². The summed E-state index contributed by atoms with van der Waals surface area (Å²) in [5.74, 6) is 0.605. The minimum Gasteiger partial charge on any atom is -0.537 e. The highest BCUT2D eigenvalue weighted by atomic mass is 16.5. The predicted octanol–water partition coefficient (Wildman–Crippen LogP) is 7.39. The average molecular weight is 423 g/mol. The van der Waals surface area contributed by atoms with Crippen molar-refractivity contribution in [1.29, 1.82) is 0 Å². The fourth-order valence-corrected chi connectivity index (χ4v) is 4.73. The van der Waals surface area contributed by atoms with Gasteiger partial charge in [0.25, 0.3) is 0 Å². The largest absolute Gasteiger partial charge is 0.569 e. The van der Waals surface area contributed by atoms with Crippen molar-refractivity contribution in [3.63, 3.8) is 0 Å². The van der Waals surface area contributed by atoms with E-state index in [4.69, 9.17) is 9.68 Å². The number of fused-ring (bicyclic) bond motifs is 6. The molecule has 0 saturated carbocycles. The molecule has 2 nitrogen and oxygen atoms in total. The third-order valence-corrected chi connectivity index (χ3v) is 6.34. The molecule has 3 heteroatoms. The van der Waals surface area contributed by atoms with Crippen LogP contribution in [0.4, 0.5) is 0 Å². The van der Waals surface area contributed by atoms with E-state index in [2.05, 4.69) is 91.0 Å². The molecule has 0 aliphatic rings. The first-order valence-electron chi connectivity index (χ1n) is 11.0. The van der Waals surface area contributed by atoms with Crippen molar-refractivity contribution in [3.8, 4) is 28.0 Å². The molecule has 0 fully saturated rings. The Morgan fingerprint density at radius 1 is 0.424 bits per heavy atom. The van der Waals surface area contributed by atoms with Crippen LogP contribution in [-0.4, -0.2) is 12.7 Å². The maximum Gasteiger partial charge on any atom is 0.569 e. The molecule has 0 heterocycles. The molecule has 1 N–H and O–H groups in total. The van der Waals surface area contributed by atoms with Gasteiger partial charge in [0.15, 0.2) is 0 Å². The van der Waals surface area contributed by atoms with Crippen LogP contribution in [0.3, 0.4) is 0 Å². The summed E-state index contributed by atoms with van der Waals surface area (Å²) in [5, 5.41) is 16.5. The number of hydrogen-bond acceptors (Lipinski definition) is 2. The summed E-state index contributed by atoms with van der Waals surface area (Å²) >= 11 is 0. The summed E-state index contributed by atoms with van der Waals surface area (Å²) in [6.07, 6.45) is 0. The molecule has 33 heavy (non-hydrogen) atoms. The van der Waals surface area contributed by atoms with E-state index < -0.39 is 0 Å². The Morgan fingerprint density at radius 3 is 1.33 bits per heavy atom. The molecule has 6 aromatic rings. The molecular formula is C30H20BO2. The van der Waals surface area contributed by atoms with Crippen molar-refractivity contribution in [2.45, 2.75) is 0 Å². The smallest absolute Gasteiger partial charge is 0.537 e. The van der Waals surface area contributed by atoms with E-state index in [1.54, 1.807) is 0 Å². The zero-order valence-electron chi connectivity index (χ0n) is 17.9. The highest BCUT2D eigenvalue weighted by molar-refractivity contribution is 6.25. The topological polar surface area (TPSA) is 29.5 Å². The Morgan fingerprint density at radius 2 is 0.818 bits per heavy atom. The third kappa shape index (κ3) is 3.43. The lowest BCUT2D eigenvalue weighted by Gasteiger charge is -2.12. The predicted molar refractivity (Wildman–Crippen MR) is 138 cm³/mol. The SMILES string of the molecule is O[B]Oc1ccc(-c2ccc(-c3ccc4c5ccccc5c5ccccc5c4c3)cc2)cc1. The van der Waals surface area contributed by atoms with E-state index >= 15 is 0 Å². The number of rotatable bonds is 4. The van der Waals surface area contributed by atoms with Crippen LogP contribution in [0.5, 0.6) is 5.75 Å². The van der Waals surface area contributed by atoms with Crippen LogP contribution in [-0.2, 0) is 0 Å². The third-order valence-electron chi connectivity index (χ3n) is 6.34. The normalized spacial score (nSPS) is 11.2. The van der Waals surface area contributed by atoms with Gasteiger partial charge in [-0.15, -0.1) is 0 Å². The maximum absolute atomic E-state index is 8.77. The van der Waals surface area contributed by atoms with Gasteiger partial charge in [0.05, 0.1) is 0 Å². The van der Waals surface area contributed by atoms with Crippen LogP contribution in [0.15, 0.2) is 115 Å². The van der Waals surface area contributed by atoms with Gasteiger partial charge < -0.3 is 9.68 Å². The summed E-state index contributed by atoms with van der Waals surface area (Å²) in [5.41, 5.74) is 4.63. The summed E-state index contributed by atoms with van der Waals surface area (Å²) in [6.45, 7) is 0. The number of hydrogen-bond donors (Lipinski definition) is 1.